The lowest BCUT2D eigenvalue weighted by atomic mass is 9.94. The first-order valence-electron chi connectivity index (χ1n) is 13.3. The molecule has 1 aliphatic rings. The second kappa shape index (κ2) is 12.3. The number of nitrogen functional groups attached to an aromatic ring is 1. The van der Waals surface area contributed by atoms with Gasteiger partial charge in [-0.15, -0.1) is 0 Å². The fourth-order valence-electron chi connectivity index (χ4n) is 4.91. The highest BCUT2D eigenvalue weighted by atomic mass is 32.1. The zero-order valence-corrected chi connectivity index (χ0v) is 23.5. The molecule has 3 aromatic rings. The Balaban J connectivity index is 1.84. The summed E-state index contributed by atoms with van der Waals surface area (Å²) in [6.45, 7) is 2.05. The Morgan fingerprint density at radius 1 is 1.00 bits per heavy atom. The van der Waals surface area contributed by atoms with Gasteiger partial charge in [-0.1, -0.05) is 50.5 Å². The minimum Gasteiger partial charge on any atom is -0.395 e. The van der Waals surface area contributed by atoms with Crippen LogP contribution < -0.4 is 26.6 Å². The second-order valence-corrected chi connectivity index (χ2v) is 10.8. The lowest BCUT2D eigenvalue weighted by Gasteiger charge is -2.33. The number of nitrogens with zero attached hydrogens (tertiary/aromatic N) is 3. The number of nitrogens with one attached hydrogen (secondary N) is 1. The molecule has 0 saturated heterocycles. The molecule has 0 aliphatic heterocycles. The van der Waals surface area contributed by atoms with Gasteiger partial charge in [-0.25, -0.2) is 0 Å². The average Bonchev–Trinajstić information content (AvgIpc) is 3.33. The number of rotatable bonds is 9. The predicted octanol–water partition coefficient (Wildman–Crippen LogP) is 4.29. The first-order valence-corrected chi connectivity index (χ1v) is 14.0. The Hall–Kier alpha value is -3.92. The first-order chi connectivity index (χ1) is 18.7. The van der Waals surface area contributed by atoms with Crippen molar-refractivity contribution in [2.24, 2.45) is 5.73 Å². The predicted molar refractivity (Wildman–Crippen MR) is 156 cm³/mol. The molecule has 206 valence electrons. The van der Waals surface area contributed by atoms with Crippen LogP contribution in [0.5, 0.6) is 0 Å². The number of amides is 3. The van der Waals surface area contributed by atoms with E-state index < -0.39 is 17.9 Å². The van der Waals surface area contributed by atoms with E-state index in [0.717, 1.165) is 61.3 Å². The molecule has 39 heavy (non-hydrogen) atoms. The SMILES string of the molecule is CCc1ccc(N(C(=O)c2snc(C(N)=O)c2N)[C@@H](C(=O)NC2CCCCC2)c2ccc(N(C)C)cc2)cc1. The van der Waals surface area contributed by atoms with Gasteiger partial charge in [0.1, 0.15) is 10.9 Å². The number of carbonyl (C=O) groups excluding carboxylic acids is 3. The summed E-state index contributed by atoms with van der Waals surface area (Å²) >= 11 is 0.804. The molecule has 1 aliphatic carbocycles. The van der Waals surface area contributed by atoms with Crippen LogP contribution in [-0.2, 0) is 11.2 Å². The summed E-state index contributed by atoms with van der Waals surface area (Å²) in [5.74, 6) is -1.61. The van der Waals surface area contributed by atoms with Crippen LogP contribution in [0, 0.1) is 0 Å². The molecule has 4 rings (SSSR count). The fourth-order valence-corrected chi connectivity index (χ4v) is 5.66. The summed E-state index contributed by atoms with van der Waals surface area (Å²) in [4.78, 5) is 43.6. The number of primary amides is 1. The first kappa shape index (κ1) is 28.1. The summed E-state index contributed by atoms with van der Waals surface area (Å²) in [5, 5.41) is 3.21. The Morgan fingerprint density at radius 3 is 2.15 bits per heavy atom. The number of nitrogens with two attached hydrogens (primary N) is 2. The van der Waals surface area contributed by atoms with Gasteiger partial charge in [0.25, 0.3) is 11.8 Å². The number of carbonyl (C=O) groups is 3. The molecule has 5 N–H and O–H groups in total. The second-order valence-electron chi connectivity index (χ2n) is 10.1. The van der Waals surface area contributed by atoms with Gasteiger partial charge >= 0.3 is 0 Å². The van der Waals surface area contributed by atoms with E-state index in [-0.39, 0.29) is 28.2 Å². The number of hydrogen-bond donors (Lipinski definition) is 3. The van der Waals surface area contributed by atoms with Crippen molar-refractivity contribution in [3.05, 3.63) is 70.2 Å². The molecule has 1 atom stereocenters. The molecular weight excluding hydrogens is 512 g/mol. The van der Waals surface area contributed by atoms with Gasteiger partial charge in [0, 0.05) is 31.5 Å². The van der Waals surface area contributed by atoms with Crippen molar-refractivity contribution in [1.29, 1.82) is 0 Å². The normalized spacial score (nSPS) is 14.4. The van der Waals surface area contributed by atoms with E-state index in [1.54, 1.807) is 0 Å². The van der Waals surface area contributed by atoms with Gasteiger partial charge in [-0.05, 0) is 66.2 Å². The Labute approximate surface area is 233 Å². The third kappa shape index (κ3) is 6.22. The minimum atomic E-state index is -0.985. The number of anilines is 3. The summed E-state index contributed by atoms with van der Waals surface area (Å²) < 4.78 is 4.03. The van der Waals surface area contributed by atoms with Crippen molar-refractivity contribution in [1.82, 2.24) is 9.69 Å². The van der Waals surface area contributed by atoms with Gasteiger partial charge in [-0.2, -0.15) is 4.37 Å². The van der Waals surface area contributed by atoms with E-state index in [9.17, 15) is 14.4 Å². The van der Waals surface area contributed by atoms with E-state index in [1.165, 1.54) is 4.90 Å². The lowest BCUT2D eigenvalue weighted by Crippen LogP contribution is -2.47. The van der Waals surface area contributed by atoms with Crippen LogP contribution in [0.2, 0.25) is 0 Å². The van der Waals surface area contributed by atoms with Crippen LogP contribution in [0.15, 0.2) is 48.5 Å². The fraction of sp³-hybridized carbons (Fsp3) is 0.379. The number of hydrogen-bond acceptors (Lipinski definition) is 7. The van der Waals surface area contributed by atoms with Crippen molar-refractivity contribution < 1.29 is 14.4 Å². The minimum absolute atomic E-state index is 0.0455. The average molecular weight is 549 g/mol. The van der Waals surface area contributed by atoms with Crippen LogP contribution in [-0.4, -0.2) is 42.2 Å². The summed E-state index contributed by atoms with van der Waals surface area (Å²) in [6, 6.07) is 14.2. The van der Waals surface area contributed by atoms with Crippen LogP contribution in [0.4, 0.5) is 17.1 Å². The van der Waals surface area contributed by atoms with Crippen molar-refractivity contribution in [2.45, 2.75) is 57.5 Å². The number of aromatic nitrogens is 1. The zero-order chi connectivity index (χ0) is 28.1. The molecule has 2 aromatic carbocycles. The highest BCUT2D eigenvalue weighted by Crippen LogP contribution is 2.34. The molecule has 9 nitrogen and oxygen atoms in total. The summed E-state index contributed by atoms with van der Waals surface area (Å²) in [7, 11) is 3.88. The van der Waals surface area contributed by atoms with Crippen LogP contribution in [0.25, 0.3) is 0 Å². The molecule has 1 fully saturated rings. The highest BCUT2D eigenvalue weighted by molar-refractivity contribution is 7.09. The van der Waals surface area contributed by atoms with Crippen molar-refractivity contribution in [3.8, 4) is 0 Å². The smallest absolute Gasteiger partial charge is 0.273 e. The third-order valence-corrected chi connectivity index (χ3v) is 8.03. The highest BCUT2D eigenvalue weighted by Gasteiger charge is 2.37. The lowest BCUT2D eigenvalue weighted by molar-refractivity contribution is -0.123. The van der Waals surface area contributed by atoms with E-state index in [0.29, 0.717) is 11.3 Å². The Kier molecular flexibility index (Phi) is 8.86. The summed E-state index contributed by atoms with van der Waals surface area (Å²) in [6.07, 6.45) is 5.91. The van der Waals surface area contributed by atoms with Crippen molar-refractivity contribution >= 4 is 46.3 Å². The molecule has 1 aromatic heterocycles. The van der Waals surface area contributed by atoms with Crippen molar-refractivity contribution in [2.75, 3.05) is 29.6 Å². The molecule has 1 heterocycles. The third-order valence-electron chi connectivity index (χ3n) is 7.18. The van der Waals surface area contributed by atoms with Gasteiger partial charge in [0.2, 0.25) is 5.91 Å². The molecule has 1 saturated carbocycles. The van der Waals surface area contributed by atoms with Gasteiger partial charge in [0.05, 0.1) is 5.69 Å². The van der Waals surface area contributed by atoms with Crippen molar-refractivity contribution in [3.63, 3.8) is 0 Å². The molecule has 0 unspecified atom stereocenters. The quantitative estimate of drug-likeness (QED) is 0.365. The standard InChI is InChI=1S/C29H36N6O3S/c1-4-18-10-14-22(15-11-18)35(29(38)26-23(30)24(27(31)36)33-39-26)25(19-12-16-21(17-13-19)34(2)3)28(37)32-20-8-6-5-7-9-20/h10-17,20,25H,4-9,30H2,1-3H3,(H2,31,36)(H,32,37)/t25-/m1/s1. The molecule has 0 radical (unpaired) electrons. The van der Waals surface area contributed by atoms with E-state index in [2.05, 4.69) is 9.69 Å². The molecular formula is C29H36N6O3S. The molecule has 0 spiro atoms. The van der Waals surface area contributed by atoms with E-state index >= 15 is 0 Å². The Bertz CT molecular complexity index is 1310. The van der Waals surface area contributed by atoms with Crippen LogP contribution in [0.1, 0.15) is 76.4 Å². The largest absolute Gasteiger partial charge is 0.395 e. The maximum Gasteiger partial charge on any atom is 0.273 e. The maximum absolute atomic E-state index is 14.2. The number of aryl methyl sites for hydroxylation is 1. The van der Waals surface area contributed by atoms with Crippen LogP contribution >= 0.6 is 11.5 Å². The molecule has 10 heteroatoms. The van der Waals surface area contributed by atoms with E-state index in [1.807, 2.05) is 74.4 Å². The van der Waals surface area contributed by atoms with E-state index in [4.69, 9.17) is 11.5 Å². The zero-order valence-electron chi connectivity index (χ0n) is 22.6. The monoisotopic (exact) mass is 548 g/mol. The van der Waals surface area contributed by atoms with Gasteiger partial charge in [-0.3, -0.25) is 19.3 Å². The Morgan fingerprint density at radius 2 is 1.62 bits per heavy atom. The molecule has 3 amide bonds. The topological polar surface area (TPSA) is 135 Å². The number of benzene rings is 2. The van der Waals surface area contributed by atoms with Crippen LogP contribution in [0.3, 0.4) is 0 Å². The maximum atomic E-state index is 14.2. The van der Waals surface area contributed by atoms with Gasteiger partial charge in [0.15, 0.2) is 5.69 Å². The summed E-state index contributed by atoms with van der Waals surface area (Å²) in [5.41, 5.74) is 14.6. The van der Waals surface area contributed by atoms with Gasteiger partial charge < -0.3 is 21.7 Å². The molecule has 0 bridgehead atoms.